The van der Waals surface area contributed by atoms with Crippen molar-refractivity contribution in [3.8, 4) is 0 Å². The molecule has 0 radical (unpaired) electrons. The van der Waals surface area contributed by atoms with Crippen molar-refractivity contribution < 1.29 is 8.78 Å². The third-order valence-corrected chi connectivity index (χ3v) is 2.81. The summed E-state index contributed by atoms with van der Waals surface area (Å²) in [5.41, 5.74) is 1.57. The van der Waals surface area contributed by atoms with E-state index in [1.807, 2.05) is 12.1 Å². The minimum Gasteiger partial charge on any atom is -0.349 e. The smallest absolute Gasteiger partial charge is 0.243 e. The number of fused-ring (bicyclic) bond motifs is 1. The Balaban J connectivity index is 1.81. The Labute approximate surface area is 113 Å². The summed E-state index contributed by atoms with van der Waals surface area (Å²) in [6, 6.07) is 10.6. The summed E-state index contributed by atoms with van der Waals surface area (Å²) >= 11 is 0. The molecule has 6 heteroatoms. The van der Waals surface area contributed by atoms with E-state index in [1.165, 1.54) is 0 Å². The molecule has 0 amide bonds. The van der Waals surface area contributed by atoms with Gasteiger partial charge in [0.25, 0.3) is 0 Å². The summed E-state index contributed by atoms with van der Waals surface area (Å²) in [5, 5.41) is 10.7. The van der Waals surface area contributed by atoms with Gasteiger partial charge in [0.2, 0.25) is 5.95 Å². The minimum atomic E-state index is -0.485. The molecule has 2 aromatic carbocycles. The molecule has 0 fully saturated rings. The van der Waals surface area contributed by atoms with Crippen LogP contribution in [0.4, 0.5) is 14.7 Å². The number of anilines is 1. The topological polar surface area (TPSA) is 50.7 Å². The van der Waals surface area contributed by atoms with Gasteiger partial charge >= 0.3 is 0 Å². The van der Waals surface area contributed by atoms with Crippen LogP contribution in [0.5, 0.6) is 0 Å². The van der Waals surface area contributed by atoms with E-state index in [9.17, 15) is 8.78 Å². The summed E-state index contributed by atoms with van der Waals surface area (Å²) in [6.45, 7) is 0.0869. The predicted molar refractivity (Wildman–Crippen MR) is 71.0 cm³/mol. The second-order valence-corrected chi connectivity index (χ2v) is 4.21. The average molecular weight is 272 g/mol. The van der Waals surface area contributed by atoms with Gasteiger partial charge in [-0.05, 0) is 30.3 Å². The quantitative estimate of drug-likeness (QED) is 0.796. The first kappa shape index (κ1) is 12.4. The summed E-state index contributed by atoms with van der Waals surface area (Å²) in [5.74, 6) is -0.694. The summed E-state index contributed by atoms with van der Waals surface area (Å²) in [6.07, 6.45) is 0. The first-order chi connectivity index (χ1) is 9.72. The van der Waals surface area contributed by atoms with Crippen LogP contribution in [0.1, 0.15) is 5.56 Å². The molecule has 0 aliphatic carbocycles. The molecule has 20 heavy (non-hydrogen) atoms. The van der Waals surface area contributed by atoms with Gasteiger partial charge in [0.15, 0.2) is 0 Å². The molecule has 1 N–H and O–H groups in total. The number of nitrogens with one attached hydrogen (secondary N) is 1. The van der Waals surface area contributed by atoms with Gasteiger partial charge < -0.3 is 5.32 Å². The molecule has 3 rings (SSSR count). The maximum absolute atomic E-state index is 13.5. The van der Waals surface area contributed by atoms with E-state index >= 15 is 0 Å². The fourth-order valence-electron chi connectivity index (χ4n) is 1.81. The van der Waals surface area contributed by atoms with E-state index in [1.54, 1.807) is 12.1 Å². The molecule has 0 saturated heterocycles. The molecule has 100 valence electrons. The van der Waals surface area contributed by atoms with Crippen LogP contribution in [0.2, 0.25) is 0 Å². The molecular weight excluding hydrogens is 262 g/mol. The first-order valence-electron chi connectivity index (χ1n) is 5.99. The fraction of sp³-hybridized carbons (Fsp3) is 0.0714. The van der Waals surface area contributed by atoms with Crippen molar-refractivity contribution in [3.63, 3.8) is 0 Å². The maximum Gasteiger partial charge on any atom is 0.243 e. The van der Waals surface area contributed by atoms with Crippen LogP contribution >= 0.6 is 0 Å². The van der Waals surface area contributed by atoms with Crippen LogP contribution in [-0.2, 0) is 6.54 Å². The number of halogens is 2. The van der Waals surface area contributed by atoms with E-state index in [0.717, 1.165) is 18.2 Å². The zero-order valence-corrected chi connectivity index (χ0v) is 10.3. The second kappa shape index (κ2) is 5.16. The van der Waals surface area contributed by atoms with E-state index in [0.29, 0.717) is 11.0 Å². The molecule has 0 spiro atoms. The van der Waals surface area contributed by atoms with Crippen LogP contribution in [0.25, 0.3) is 11.0 Å². The van der Waals surface area contributed by atoms with E-state index in [4.69, 9.17) is 0 Å². The van der Waals surface area contributed by atoms with Gasteiger partial charge in [-0.25, -0.2) is 13.8 Å². The lowest BCUT2D eigenvalue weighted by atomic mass is 10.2. The lowest BCUT2D eigenvalue weighted by Crippen LogP contribution is -2.06. The first-order valence-corrected chi connectivity index (χ1v) is 5.99. The molecule has 4 nitrogen and oxygen atoms in total. The van der Waals surface area contributed by atoms with Crippen molar-refractivity contribution in [2.75, 3.05) is 5.32 Å². The minimum absolute atomic E-state index is 0.0869. The molecule has 1 heterocycles. The van der Waals surface area contributed by atoms with Crippen LogP contribution in [0.15, 0.2) is 42.5 Å². The lowest BCUT2D eigenvalue weighted by molar-refractivity contribution is 0.587. The third kappa shape index (κ3) is 2.54. The van der Waals surface area contributed by atoms with Gasteiger partial charge in [-0.2, -0.15) is 0 Å². The number of rotatable bonds is 3. The van der Waals surface area contributed by atoms with Crippen LogP contribution in [-0.4, -0.2) is 15.2 Å². The Bertz CT molecular complexity index is 761. The maximum atomic E-state index is 13.5. The van der Waals surface area contributed by atoms with Crippen molar-refractivity contribution in [2.24, 2.45) is 0 Å². The Morgan fingerprint density at radius 2 is 1.75 bits per heavy atom. The van der Waals surface area contributed by atoms with Crippen LogP contribution < -0.4 is 5.32 Å². The molecular formula is C14H10F2N4. The zero-order chi connectivity index (χ0) is 13.9. The zero-order valence-electron chi connectivity index (χ0n) is 10.3. The molecule has 0 unspecified atom stereocenters. The SMILES string of the molecule is Fc1ccc(F)c(CNc2nnc3ccccc3n2)c1. The number of aromatic nitrogens is 3. The van der Waals surface area contributed by atoms with Gasteiger partial charge in [-0.3, -0.25) is 0 Å². The predicted octanol–water partition coefficient (Wildman–Crippen LogP) is 2.92. The number of benzene rings is 2. The third-order valence-electron chi connectivity index (χ3n) is 2.81. The summed E-state index contributed by atoms with van der Waals surface area (Å²) in [4.78, 5) is 4.24. The second-order valence-electron chi connectivity index (χ2n) is 4.21. The molecule has 0 aliphatic rings. The Hall–Kier alpha value is -2.63. The average Bonchev–Trinajstić information content (AvgIpc) is 2.48. The number of para-hydroxylation sites is 1. The summed E-state index contributed by atoms with van der Waals surface area (Å²) in [7, 11) is 0. The number of hydrogen-bond donors (Lipinski definition) is 1. The van der Waals surface area contributed by atoms with Crippen LogP contribution in [0.3, 0.4) is 0 Å². The van der Waals surface area contributed by atoms with Gasteiger partial charge in [0.05, 0.1) is 5.52 Å². The van der Waals surface area contributed by atoms with Crippen molar-refractivity contribution in [2.45, 2.75) is 6.54 Å². The van der Waals surface area contributed by atoms with Crippen molar-refractivity contribution in [1.82, 2.24) is 15.2 Å². The molecule has 0 bridgehead atoms. The molecule has 3 aromatic rings. The van der Waals surface area contributed by atoms with Gasteiger partial charge in [-0.1, -0.05) is 12.1 Å². The molecule has 0 aliphatic heterocycles. The molecule has 0 atom stereocenters. The highest BCUT2D eigenvalue weighted by Gasteiger charge is 2.05. The highest BCUT2D eigenvalue weighted by atomic mass is 19.1. The Kier molecular flexibility index (Phi) is 3.20. The molecule has 1 aromatic heterocycles. The number of nitrogens with zero attached hydrogens (tertiary/aromatic N) is 3. The monoisotopic (exact) mass is 272 g/mol. The van der Waals surface area contributed by atoms with Gasteiger partial charge in [0, 0.05) is 12.1 Å². The van der Waals surface area contributed by atoms with Crippen molar-refractivity contribution in [3.05, 3.63) is 59.7 Å². The van der Waals surface area contributed by atoms with Gasteiger partial charge in [-0.15, -0.1) is 10.2 Å². The normalized spacial score (nSPS) is 10.7. The number of hydrogen-bond acceptors (Lipinski definition) is 4. The summed E-state index contributed by atoms with van der Waals surface area (Å²) < 4.78 is 26.5. The largest absolute Gasteiger partial charge is 0.349 e. The van der Waals surface area contributed by atoms with Crippen molar-refractivity contribution in [1.29, 1.82) is 0 Å². The highest BCUT2D eigenvalue weighted by molar-refractivity contribution is 5.74. The van der Waals surface area contributed by atoms with E-state index in [2.05, 4.69) is 20.5 Å². The standard InChI is InChI=1S/C14H10F2N4/c15-10-5-6-11(16)9(7-10)8-17-14-18-12-3-1-2-4-13(12)19-20-14/h1-7H,8H2,(H,17,18,20). The van der Waals surface area contributed by atoms with Gasteiger partial charge in [0.1, 0.15) is 17.2 Å². The van der Waals surface area contributed by atoms with E-state index < -0.39 is 11.6 Å². The molecule has 0 saturated carbocycles. The fourth-order valence-corrected chi connectivity index (χ4v) is 1.81. The highest BCUT2D eigenvalue weighted by Crippen LogP contribution is 2.12. The lowest BCUT2D eigenvalue weighted by Gasteiger charge is -2.06. The van der Waals surface area contributed by atoms with E-state index in [-0.39, 0.29) is 18.1 Å². The van der Waals surface area contributed by atoms with Crippen molar-refractivity contribution >= 4 is 17.0 Å². The Morgan fingerprint density at radius 3 is 2.60 bits per heavy atom. The Morgan fingerprint density at radius 1 is 0.950 bits per heavy atom. The van der Waals surface area contributed by atoms with Crippen LogP contribution in [0, 0.1) is 11.6 Å².